The number of allylic oxidation sites excluding steroid dienone is 1. The SMILES string of the molecule is CC1=C(n2c(C)cc(OCc3ncc(F)cc3F)c(Cl)c2=O)CC(c2ccnc(C3(O)CCCC3)n2)N=C1. The summed E-state index contributed by atoms with van der Waals surface area (Å²) >= 11 is 6.39. The zero-order valence-corrected chi connectivity index (χ0v) is 21.7. The van der Waals surface area contributed by atoms with Crippen LogP contribution in [0.2, 0.25) is 5.02 Å². The van der Waals surface area contributed by atoms with Gasteiger partial charge >= 0.3 is 0 Å². The van der Waals surface area contributed by atoms with Gasteiger partial charge in [0, 0.05) is 42.4 Å². The lowest BCUT2D eigenvalue weighted by atomic mass is 9.99. The maximum atomic E-state index is 14.0. The number of aliphatic imine (C=N–C) groups is 1. The number of ether oxygens (including phenoxy) is 1. The van der Waals surface area contributed by atoms with Crippen LogP contribution in [0.3, 0.4) is 0 Å². The summed E-state index contributed by atoms with van der Waals surface area (Å²) in [5.41, 5.74) is 1.06. The summed E-state index contributed by atoms with van der Waals surface area (Å²) in [5.74, 6) is -1.18. The van der Waals surface area contributed by atoms with E-state index in [-0.39, 0.29) is 29.1 Å². The van der Waals surface area contributed by atoms with Gasteiger partial charge in [0.15, 0.2) is 11.6 Å². The number of aryl methyl sites for hydroxylation is 1. The van der Waals surface area contributed by atoms with Gasteiger partial charge in [0.2, 0.25) is 0 Å². The highest BCUT2D eigenvalue weighted by Crippen LogP contribution is 2.38. The molecule has 1 aliphatic heterocycles. The first kappa shape index (κ1) is 26.1. The fraction of sp³-hybridized carbons (Fsp3) is 0.370. The van der Waals surface area contributed by atoms with Gasteiger partial charge in [-0.3, -0.25) is 19.3 Å². The van der Waals surface area contributed by atoms with E-state index in [1.165, 1.54) is 4.57 Å². The molecule has 198 valence electrons. The van der Waals surface area contributed by atoms with Crippen LogP contribution in [0.15, 0.2) is 46.0 Å². The van der Waals surface area contributed by atoms with Gasteiger partial charge in [-0.15, -0.1) is 0 Å². The molecule has 0 spiro atoms. The van der Waals surface area contributed by atoms with Crippen molar-refractivity contribution in [3.8, 4) is 5.75 Å². The van der Waals surface area contributed by atoms with Crippen molar-refractivity contribution in [1.82, 2.24) is 19.5 Å². The van der Waals surface area contributed by atoms with Crippen LogP contribution in [-0.4, -0.2) is 30.8 Å². The lowest BCUT2D eigenvalue weighted by molar-refractivity contribution is 0.0347. The number of hydrogen-bond acceptors (Lipinski definition) is 7. The number of pyridine rings is 2. The summed E-state index contributed by atoms with van der Waals surface area (Å²) in [4.78, 5) is 30.7. The predicted octanol–water partition coefficient (Wildman–Crippen LogP) is 5.06. The normalized spacial score (nSPS) is 18.7. The van der Waals surface area contributed by atoms with E-state index in [0.29, 0.717) is 48.2 Å². The van der Waals surface area contributed by atoms with Gasteiger partial charge in [-0.1, -0.05) is 11.6 Å². The molecule has 11 heteroatoms. The van der Waals surface area contributed by atoms with Crippen LogP contribution in [-0.2, 0) is 12.2 Å². The van der Waals surface area contributed by atoms with E-state index in [0.717, 1.165) is 24.6 Å². The molecular weight excluding hydrogens is 516 g/mol. The molecule has 0 aromatic carbocycles. The molecule has 2 aliphatic rings. The molecule has 1 N–H and O–H groups in total. The van der Waals surface area contributed by atoms with Crippen LogP contribution in [0.5, 0.6) is 5.75 Å². The van der Waals surface area contributed by atoms with Crippen LogP contribution in [0, 0.1) is 18.6 Å². The second-order valence-corrected chi connectivity index (χ2v) is 10.0. The van der Waals surface area contributed by atoms with E-state index >= 15 is 0 Å². The third kappa shape index (κ3) is 4.98. The van der Waals surface area contributed by atoms with Crippen LogP contribution in [0.4, 0.5) is 8.78 Å². The Hall–Kier alpha value is -3.50. The molecule has 3 aromatic rings. The summed E-state index contributed by atoms with van der Waals surface area (Å²) in [6, 6.07) is 3.69. The fourth-order valence-corrected chi connectivity index (χ4v) is 5.10. The molecule has 1 fully saturated rings. The van der Waals surface area contributed by atoms with Crippen LogP contribution >= 0.6 is 11.6 Å². The second kappa shape index (κ2) is 10.3. The lowest BCUT2D eigenvalue weighted by Gasteiger charge is -2.25. The molecule has 8 nitrogen and oxygen atoms in total. The second-order valence-electron chi connectivity index (χ2n) is 9.65. The maximum Gasteiger partial charge on any atom is 0.277 e. The van der Waals surface area contributed by atoms with Gasteiger partial charge < -0.3 is 9.84 Å². The molecule has 1 unspecified atom stereocenters. The van der Waals surface area contributed by atoms with Crippen molar-refractivity contribution >= 4 is 23.5 Å². The minimum atomic E-state index is -1.02. The highest BCUT2D eigenvalue weighted by Gasteiger charge is 2.36. The largest absolute Gasteiger partial charge is 0.485 e. The van der Waals surface area contributed by atoms with Crippen LogP contribution < -0.4 is 10.3 Å². The van der Waals surface area contributed by atoms with E-state index in [9.17, 15) is 18.7 Å². The van der Waals surface area contributed by atoms with Crippen molar-refractivity contribution in [2.75, 3.05) is 0 Å². The van der Waals surface area contributed by atoms with Crippen LogP contribution in [0.1, 0.15) is 68.0 Å². The molecule has 0 radical (unpaired) electrons. The summed E-state index contributed by atoms with van der Waals surface area (Å²) in [7, 11) is 0. The Morgan fingerprint density at radius 1 is 1.21 bits per heavy atom. The molecule has 1 saturated carbocycles. The van der Waals surface area contributed by atoms with E-state index in [1.807, 2.05) is 6.92 Å². The average molecular weight is 542 g/mol. The first-order chi connectivity index (χ1) is 18.2. The monoisotopic (exact) mass is 541 g/mol. The van der Waals surface area contributed by atoms with Gasteiger partial charge in [0.25, 0.3) is 5.56 Å². The molecule has 1 atom stereocenters. The average Bonchev–Trinajstić information content (AvgIpc) is 3.35. The van der Waals surface area contributed by atoms with Crippen molar-refractivity contribution in [3.63, 3.8) is 0 Å². The zero-order valence-electron chi connectivity index (χ0n) is 20.9. The number of nitrogens with zero attached hydrogens (tertiary/aromatic N) is 5. The highest BCUT2D eigenvalue weighted by molar-refractivity contribution is 6.31. The highest BCUT2D eigenvalue weighted by atomic mass is 35.5. The topological polar surface area (TPSA) is 102 Å². The van der Waals surface area contributed by atoms with Crippen molar-refractivity contribution < 1.29 is 18.6 Å². The Morgan fingerprint density at radius 3 is 2.71 bits per heavy atom. The number of rotatable bonds is 6. The van der Waals surface area contributed by atoms with Gasteiger partial charge in [-0.05, 0) is 51.2 Å². The molecule has 4 heterocycles. The summed E-state index contributed by atoms with van der Waals surface area (Å²) in [5, 5.41) is 10.8. The van der Waals surface area contributed by atoms with E-state index in [1.54, 1.807) is 31.5 Å². The minimum absolute atomic E-state index is 0.0699. The molecule has 0 saturated heterocycles. The quantitative estimate of drug-likeness (QED) is 0.468. The molecule has 3 aromatic heterocycles. The molecule has 0 bridgehead atoms. The van der Waals surface area contributed by atoms with E-state index in [2.05, 4.69) is 19.9 Å². The number of halogens is 3. The van der Waals surface area contributed by atoms with Gasteiger partial charge in [-0.2, -0.15) is 0 Å². The Labute approximate surface area is 222 Å². The summed E-state index contributed by atoms with van der Waals surface area (Å²) in [6.45, 7) is 3.27. The smallest absolute Gasteiger partial charge is 0.277 e. The number of hydrogen-bond donors (Lipinski definition) is 1. The first-order valence-electron chi connectivity index (χ1n) is 12.3. The Kier molecular flexibility index (Phi) is 7.11. The fourth-order valence-electron chi connectivity index (χ4n) is 4.90. The van der Waals surface area contributed by atoms with Gasteiger partial charge in [0.1, 0.15) is 34.5 Å². The van der Waals surface area contributed by atoms with Crippen molar-refractivity contribution in [2.45, 2.75) is 64.2 Å². The number of aliphatic hydroxyl groups is 1. The Bertz CT molecular complexity index is 1520. The molecule has 38 heavy (non-hydrogen) atoms. The third-order valence-electron chi connectivity index (χ3n) is 6.97. The maximum absolute atomic E-state index is 14.0. The molecule has 1 aliphatic carbocycles. The van der Waals surface area contributed by atoms with Gasteiger partial charge in [-0.25, -0.2) is 18.7 Å². The molecular formula is C27H26ClF2N5O3. The van der Waals surface area contributed by atoms with Crippen molar-refractivity contribution in [3.05, 3.63) is 86.1 Å². The standard InChI is InChI=1S/C27H26ClF2N5O3/c1-15-12-32-20(19-5-8-31-26(34-19)27(37)6-3-4-7-27)11-22(15)35-16(2)9-23(24(28)25(35)36)38-14-21-18(30)10-17(29)13-33-21/h5,8-10,12-13,20,37H,3-4,6-7,11,14H2,1-2H3. The van der Waals surface area contributed by atoms with Gasteiger partial charge in [0.05, 0.1) is 17.9 Å². The first-order valence-corrected chi connectivity index (χ1v) is 12.7. The Morgan fingerprint density at radius 2 is 1.97 bits per heavy atom. The third-order valence-corrected chi connectivity index (χ3v) is 7.32. The minimum Gasteiger partial charge on any atom is -0.485 e. The summed E-state index contributed by atoms with van der Waals surface area (Å²) < 4.78 is 34.2. The molecule has 5 rings (SSSR count). The van der Waals surface area contributed by atoms with E-state index in [4.69, 9.17) is 16.3 Å². The van der Waals surface area contributed by atoms with Crippen LogP contribution in [0.25, 0.3) is 5.70 Å². The van der Waals surface area contributed by atoms with Crippen molar-refractivity contribution in [1.29, 1.82) is 0 Å². The van der Waals surface area contributed by atoms with E-state index < -0.39 is 22.8 Å². The predicted molar refractivity (Wildman–Crippen MR) is 138 cm³/mol. The lowest BCUT2D eigenvalue weighted by Crippen LogP contribution is -2.27. The van der Waals surface area contributed by atoms with Crippen molar-refractivity contribution in [2.24, 2.45) is 4.99 Å². The number of aromatic nitrogens is 4. The number of dihydropyridines is 1. The molecule has 0 amide bonds. The summed E-state index contributed by atoms with van der Waals surface area (Å²) in [6.07, 6.45) is 7.69. The Balaban J connectivity index is 1.41. The zero-order chi connectivity index (χ0) is 27.0.